The topological polar surface area (TPSA) is 75.9 Å². The fourth-order valence-corrected chi connectivity index (χ4v) is 3.86. The quantitative estimate of drug-likeness (QED) is 0.626. The standard InChI is InChI=1S/C23H26N6O/c30-23(24-14-13-20-10-5-2-6-11-20)22-16-21(29-18-25-26-27-29)17-28(22)15-7-12-19-8-3-1-4-9-19/h1-12,18,21-22H,13-17H2,(H,24,30)/t21-,22-/m0/s1. The first-order valence-electron chi connectivity index (χ1n) is 10.3. The molecule has 2 aromatic carbocycles. The molecule has 0 unspecified atom stereocenters. The molecule has 3 aromatic rings. The molecule has 0 bridgehead atoms. The summed E-state index contributed by atoms with van der Waals surface area (Å²) in [5.74, 6) is 0.0645. The van der Waals surface area contributed by atoms with Crippen molar-refractivity contribution in [3.63, 3.8) is 0 Å². The van der Waals surface area contributed by atoms with Gasteiger partial charge in [-0.3, -0.25) is 9.69 Å². The molecule has 30 heavy (non-hydrogen) atoms. The van der Waals surface area contributed by atoms with Crippen LogP contribution in [-0.4, -0.2) is 56.7 Å². The second-order valence-electron chi connectivity index (χ2n) is 7.49. The summed E-state index contributed by atoms with van der Waals surface area (Å²) in [6, 6.07) is 20.3. The molecule has 1 aromatic heterocycles. The number of aromatic nitrogens is 4. The van der Waals surface area contributed by atoms with Crippen molar-refractivity contribution in [2.24, 2.45) is 0 Å². The molecule has 0 aliphatic carbocycles. The van der Waals surface area contributed by atoms with Gasteiger partial charge in [0.2, 0.25) is 5.91 Å². The van der Waals surface area contributed by atoms with Gasteiger partial charge in [-0.2, -0.15) is 0 Å². The maximum atomic E-state index is 13.0. The van der Waals surface area contributed by atoms with Crippen molar-refractivity contribution in [2.75, 3.05) is 19.6 Å². The molecule has 1 amide bonds. The molecular weight excluding hydrogens is 376 g/mol. The molecule has 0 radical (unpaired) electrons. The number of benzene rings is 2. The number of carbonyl (C=O) groups is 1. The minimum absolute atomic E-state index is 0.0645. The maximum Gasteiger partial charge on any atom is 0.237 e. The molecule has 4 rings (SSSR count). The first-order chi connectivity index (χ1) is 14.8. The van der Waals surface area contributed by atoms with E-state index in [1.54, 1.807) is 11.0 Å². The Morgan fingerprint density at radius 3 is 2.60 bits per heavy atom. The van der Waals surface area contributed by atoms with Gasteiger partial charge in [-0.05, 0) is 34.4 Å². The van der Waals surface area contributed by atoms with Gasteiger partial charge >= 0.3 is 0 Å². The summed E-state index contributed by atoms with van der Waals surface area (Å²) >= 11 is 0. The van der Waals surface area contributed by atoms with Crippen LogP contribution in [0.3, 0.4) is 0 Å². The van der Waals surface area contributed by atoms with Crippen LogP contribution < -0.4 is 5.32 Å². The van der Waals surface area contributed by atoms with Crippen LogP contribution in [0.4, 0.5) is 0 Å². The molecule has 0 saturated carbocycles. The van der Waals surface area contributed by atoms with Gasteiger partial charge in [0.1, 0.15) is 6.33 Å². The number of hydrogen-bond donors (Lipinski definition) is 1. The summed E-state index contributed by atoms with van der Waals surface area (Å²) in [5, 5.41) is 14.6. The van der Waals surface area contributed by atoms with Gasteiger partial charge in [0, 0.05) is 19.6 Å². The fraction of sp³-hybridized carbons (Fsp3) is 0.304. The number of nitrogens with one attached hydrogen (secondary N) is 1. The molecule has 1 N–H and O–H groups in total. The molecule has 1 fully saturated rings. The third kappa shape index (κ3) is 5.18. The highest BCUT2D eigenvalue weighted by molar-refractivity contribution is 5.82. The molecule has 7 heteroatoms. The van der Waals surface area contributed by atoms with E-state index in [1.165, 1.54) is 5.56 Å². The number of likely N-dealkylation sites (tertiary alicyclic amines) is 1. The zero-order chi connectivity index (χ0) is 20.6. The van der Waals surface area contributed by atoms with Crippen molar-refractivity contribution in [1.82, 2.24) is 30.4 Å². The lowest BCUT2D eigenvalue weighted by molar-refractivity contribution is -0.125. The molecule has 7 nitrogen and oxygen atoms in total. The Morgan fingerprint density at radius 2 is 1.87 bits per heavy atom. The summed E-state index contributed by atoms with van der Waals surface area (Å²) in [7, 11) is 0. The van der Waals surface area contributed by atoms with Crippen molar-refractivity contribution in [3.05, 3.63) is 84.2 Å². The Kier molecular flexibility index (Phi) is 6.61. The van der Waals surface area contributed by atoms with Gasteiger partial charge in [0.25, 0.3) is 0 Å². The molecule has 1 aliphatic rings. The number of tetrazole rings is 1. The Morgan fingerprint density at radius 1 is 1.10 bits per heavy atom. The number of rotatable bonds is 8. The average molecular weight is 403 g/mol. The number of amides is 1. The third-order valence-electron chi connectivity index (χ3n) is 5.43. The zero-order valence-corrected chi connectivity index (χ0v) is 16.8. The van der Waals surface area contributed by atoms with E-state index in [2.05, 4.69) is 62.2 Å². The highest BCUT2D eigenvalue weighted by Gasteiger charge is 2.37. The first kappa shape index (κ1) is 20.0. The van der Waals surface area contributed by atoms with E-state index in [4.69, 9.17) is 0 Å². The minimum Gasteiger partial charge on any atom is -0.354 e. The Bertz CT molecular complexity index is 942. The molecule has 154 valence electrons. The van der Waals surface area contributed by atoms with Crippen molar-refractivity contribution in [2.45, 2.75) is 24.9 Å². The highest BCUT2D eigenvalue weighted by atomic mass is 16.2. The first-order valence-corrected chi connectivity index (χ1v) is 10.3. The van der Waals surface area contributed by atoms with Crippen molar-refractivity contribution < 1.29 is 4.79 Å². The average Bonchev–Trinajstić information content (AvgIpc) is 3.45. The van der Waals surface area contributed by atoms with Crippen LogP contribution in [0.1, 0.15) is 23.6 Å². The van der Waals surface area contributed by atoms with E-state index >= 15 is 0 Å². The smallest absolute Gasteiger partial charge is 0.237 e. The third-order valence-corrected chi connectivity index (χ3v) is 5.43. The summed E-state index contributed by atoms with van der Waals surface area (Å²) in [6.07, 6.45) is 7.35. The van der Waals surface area contributed by atoms with E-state index < -0.39 is 0 Å². The van der Waals surface area contributed by atoms with E-state index in [1.807, 2.05) is 36.4 Å². The predicted molar refractivity (Wildman–Crippen MR) is 115 cm³/mol. The molecule has 0 spiro atoms. The monoisotopic (exact) mass is 402 g/mol. The lowest BCUT2D eigenvalue weighted by Crippen LogP contribution is -2.43. The van der Waals surface area contributed by atoms with Crippen LogP contribution in [0.15, 0.2) is 73.1 Å². The number of hydrogen-bond acceptors (Lipinski definition) is 5. The summed E-state index contributed by atoms with van der Waals surface area (Å²) in [4.78, 5) is 15.2. The number of carbonyl (C=O) groups excluding carboxylic acids is 1. The summed E-state index contributed by atoms with van der Waals surface area (Å²) in [6.45, 7) is 2.06. The van der Waals surface area contributed by atoms with E-state index in [-0.39, 0.29) is 18.0 Å². The Hall–Kier alpha value is -3.32. The SMILES string of the molecule is O=C(NCCc1ccccc1)[C@@H]1C[C@H](n2cnnn2)CN1CC=Cc1ccccc1. The van der Waals surface area contributed by atoms with Crippen LogP contribution in [0.2, 0.25) is 0 Å². The fourth-order valence-electron chi connectivity index (χ4n) is 3.86. The van der Waals surface area contributed by atoms with Crippen LogP contribution in [0, 0.1) is 0 Å². The largest absolute Gasteiger partial charge is 0.354 e. The molecule has 1 saturated heterocycles. The van der Waals surface area contributed by atoms with Gasteiger partial charge in [-0.1, -0.05) is 72.8 Å². The normalized spacial score (nSPS) is 19.3. The van der Waals surface area contributed by atoms with Gasteiger partial charge in [-0.15, -0.1) is 5.10 Å². The lowest BCUT2D eigenvalue weighted by Gasteiger charge is -2.22. The van der Waals surface area contributed by atoms with Crippen LogP contribution >= 0.6 is 0 Å². The zero-order valence-electron chi connectivity index (χ0n) is 16.8. The van der Waals surface area contributed by atoms with E-state index in [0.717, 1.165) is 18.5 Å². The van der Waals surface area contributed by atoms with Gasteiger partial charge in [0.05, 0.1) is 12.1 Å². The molecule has 2 atom stereocenters. The van der Waals surface area contributed by atoms with Crippen molar-refractivity contribution >= 4 is 12.0 Å². The number of nitrogens with zero attached hydrogens (tertiary/aromatic N) is 5. The summed E-state index contributed by atoms with van der Waals surface area (Å²) in [5.41, 5.74) is 2.37. The van der Waals surface area contributed by atoms with Crippen LogP contribution in [0.25, 0.3) is 6.08 Å². The lowest BCUT2D eigenvalue weighted by atomic mass is 10.1. The Labute approximate surface area is 176 Å². The van der Waals surface area contributed by atoms with Gasteiger partial charge in [0.15, 0.2) is 0 Å². The van der Waals surface area contributed by atoms with Gasteiger partial charge in [-0.25, -0.2) is 4.68 Å². The highest BCUT2D eigenvalue weighted by Crippen LogP contribution is 2.26. The predicted octanol–water partition coefficient (Wildman–Crippen LogP) is 2.36. The minimum atomic E-state index is -0.199. The second-order valence-corrected chi connectivity index (χ2v) is 7.49. The van der Waals surface area contributed by atoms with Crippen molar-refractivity contribution in [3.8, 4) is 0 Å². The van der Waals surface area contributed by atoms with E-state index in [0.29, 0.717) is 19.5 Å². The molecular formula is C23H26N6O. The molecule has 2 heterocycles. The second kappa shape index (κ2) is 9.93. The van der Waals surface area contributed by atoms with Crippen LogP contribution in [0.5, 0.6) is 0 Å². The Balaban J connectivity index is 1.38. The van der Waals surface area contributed by atoms with Crippen LogP contribution in [-0.2, 0) is 11.2 Å². The summed E-state index contributed by atoms with van der Waals surface area (Å²) < 4.78 is 1.76. The van der Waals surface area contributed by atoms with E-state index in [9.17, 15) is 4.79 Å². The van der Waals surface area contributed by atoms with Gasteiger partial charge < -0.3 is 5.32 Å². The molecule has 1 aliphatic heterocycles. The van der Waals surface area contributed by atoms with Crippen molar-refractivity contribution in [1.29, 1.82) is 0 Å². The maximum absolute atomic E-state index is 13.0.